The van der Waals surface area contributed by atoms with E-state index in [1.54, 1.807) is 0 Å². The van der Waals surface area contributed by atoms with Crippen molar-refractivity contribution in [3.8, 4) is 0 Å². The first kappa shape index (κ1) is 28.6. The van der Waals surface area contributed by atoms with Gasteiger partial charge in [-0.2, -0.15) is 0 Å². The van der Waals surface area contributed by atoms with E-state index in [-0.39, 0.29) is 17.7 Å². The molecule has 5 N–H and O–H groups in total. The second-order valence-electron chi connectivity index (χ2n) is 10.9. The Bertz CT molecular complexity index is 1330. The van der Waals surface area contributed by atoms with Gasteiger partial charge in [-0.15, -0.1) is 11.6 Å². The lowest BCUT2D eigenvalue weighted by Crippen LogP contribution is -2.35. The number of nitrogens with zero attached hydrogens (tertiary/aromatic N) is 4. The lowest BCUT2D eigenvalue weighted by atomic mass is 10.1. The van der Waals surface area contributed by atoms with E-state index >= 15 is 0 Å². The molecule has 2 saturated heterocycles. The first-order valence-electron chi connectivity index (χ1n) is 13.3. The fraction of sp³-hybridized carbons (Fsp3) is 0.464. The number of piperidine rings is 2. The molecular formula is C28H33Cl3N6O3. The van der Waals surface area contributed by atoms with Gasteiger partial charge in [0, 0.05) is 58.4 Å². The van der Waals surface area contributed by atoms with Gasteiger partial charge in [0.15, 0.2) is 0 Å². The van der Waals surface area contributed by atoms with Crippen molar-refractivity contribution in [2.24, 2.45) is 57.3 Å². The summed E-state index contributed by atoms with van der Waals surface area (Å²) in [5.74, 6) is 2.24. The summed E-state index contributed by atoms with van der Waals surface area (Å²) in [6.07, 6.45) is 0. The molecule has 0 aromatic heterocycles. The van der Waals surface area contributed by atoms with Crippen LogP contribution in [0.15, 0.2) is 58.8 Å². The van der Waals surface area contributed by atoms with Crippen molar-refractivity contribution in [3.05, 3.63) is 58.6 Å². The molecule has 9 nitrogen and oxygen atoms in total. The summed E-state index contributed by atoms with van der Waals surface area (Å²) in [4.78, 5) is 20.3. The monoisotopic (exact) mass is 606 g/mol. The molecule has 4 fully saturated rings. The summed E-state index contributed by atoms with van der Waals surface area (Å²) >= 11 is 17.4. The van der Waals surface area contributed by atoms with Gasteiger partial charge in [0.05, 0.1) is 0 Å². The molecule has 0 amide bonds. The van der Waals surface area contributed by atoms with E-state index in [1.807, 2.05) is 36.4 Å². The Labute approximate surface area is 248 Å². The number of hydrogen-bond acceptors (Lipinski definition) is 7. The van der Waals surface area contributed by atoms with Crippen LogP contribution in [0.2, 0.25) is 10.0 Å². The highest BCUT2D eigenvalue weighted by atomic mass is 35.5. The maximum absolute atomic E-state index is 11.0. The maximum Gasteiger partial charge on any atom is 0.349 e. The molecule has 4 aliphatic rings. The van der Waals surface area contributed by atoms with Crippen molar-refractivity contribution in [2.75, 3.05) is 28.8 Å². The molecule has 214 valence electrons. The minimum Gasteiger partial charge on any atom is -0.409 e. The Morgan fingerprint density at radius 1 is 0.925 bits per heavy atom. The maximum atomic E-state index is 11.0. The predicted molar refractivity (Wildman–Crippen MR) is 159 cm³/mol. The fourth-order valence-electron chi connectivity index (χ4n) is 6.87. The highest BCUT2D eigenvalue weighted by molar-refractivity contribution is 6.31. The van der Waals surface area contributed by atoms with Gasteiger partial charge in [-0.25, -0.2) is 4.79 Å². The third kappa shape index (κ3) is 5.51. The van der Waals surface area contributed by atoms with E-state index in [0.717, 1.165) is 34.5 Å². The van der Waals surface area contributed by atoms with Gasteiger partial charge in [0.2, 0.25) is 0 Å². The third-order valence-corrected chi connectivity index (χ3v) is 9.50. The lowest BCUT2D eigenvalue weighted by molar-refractivity contribution is -0.140. The van der Waals surface area contributed by atoms with Crippen molar-refractivity contribution in [1.29, 1.82) is 0 Å². The molecule has 12 heteroatoms. The zero-order valence-electron chi connectivity index (χ0n) is 22.2. The summed E-state index contributed by atoms with van der Waals surface area (Å²) < 4.78 is 0. The standard InChI is InChI=1S/C15H17Cl2N3O2.C13H16ClN3O/c1-8-13-11(14(13)15(18)19-22-12(21)6-16)7-20(8)10-4-2-3-9(17)5-10;1-7-11-10(12(11)13(15)16-18)6-17(7)9-4-2-3-8(14)5-9/h2-5,8,11,13-14H,6-7H2,1H3,(H2,18,19);2-5,7,10-12,18H,6H2,1H3,(H2,15,16)/t8?,11-,13+,14+;7?,10-,11+,12+/m00/s1. The molecule has 6 rings (SSSR count). The molecule has 2 saturated carbocycles. The van der Waals surface area contributed by atoms with Crippen molar-refractivity contribution in [2.45, 2.75) is 25.9 Å². The zero-order chi connectivity index (χ0) is 28.7. The van der Waals surface area contributed by atoms with Gasteiger partial charge < -0.3 is 31.3 Å². The smallest absolute Gasteiger partial charge is 0.349 e. The van der Waals surface area contributed by atoms with E-state index in [9.17, 15) is 4.79 Å². The molecule has 40 heavy (non-hydrogen) atoms. The van der Waals surface area contributed by atoms with Gasteiger partial charge >= 0.3 is 5.97 Å². The average Bonchev–Trinajstić information content (AvgIpc) is 3.79. The SMILES string of the molecule is CC1[C@@H]2[C@H](CN1c1cccc(Cl)c1)[C@H]2/C(N)=N/O.CC1[C@@H]2[C@H](CN1c1cccc(Cl)c1)[C@H]2/C(N)=N/OC(=O)CCl. The molecule has 0 bridgehead atoms. The largest absolute Gasteiger partial charge is 0.409 e. The van der Waals surface area contributed by atoms with Gasteiger partial charge in [0.25, 0.3) is 0 Å². The molecule has 2 unspecified atom stereocenters. The van der Waals surface area contributed by atoms with Crippen LogP contribution < -0.4 is 21.3 Å². The van der Waals surface area contributed by atoms with Crippen LogP contribution >= 0.6 is 34.8 Å². The second-order valence-corrected chi connectivity index (χ2v) is 12.1. The number of benzene rings is 2. The Kier molecular flexibility index (Phi) is 8.27. The van der Waals surface area contributed by atoms with E-state index in [2.05, 4.69) is 50.9 Å². The lowest BCUT2D eigenvalue weighted by Gasteiger charge is -2.28. The fourth-order valence-corrected chi connectivity index (χ4v) is 7.29. The summed E-state index contributed by atoms with van der Waals surface area (Å²) in [5, 5.41) is 17.1. The first-order chi connectivity index (χ1) is 19.2. The summed E-state index contributed by atoms with van der Waals surface area (Å²) in [6, 6.07) is 16.5. The Hall–Kier alpha value is -2.88. The Balaban J connectivity index is 0.000000164. The van der Waals surface area contributed by atoms with E-state index in [0.29, 0.717) is 47.4 Å². The molecule has 0 radical (unpaired) electrons. The van der Waals surface area contributed by atoms with Crippen LogP contribution in [0.5, 0.6) is 0 Å². The zero-order valence-corrected chi connectivity index (χ0v) is 24.5. The number of carbonyl (C=O) groups excluding carboxylic acids is 1. The van der Waals surface area contributed by atoms with Crippen LogP contribution in [0, 0.1) is 35.5 Å². The molecule has 2 aliphatic carbocycles. The van der Waals surface area contributed by atoms with E-state index in [1.165, 1.54) is 0 Å². The van der Waals surface area contributed by atoms with Gasteiger partial charge in [0.1, 0.15) is 17.6 Å². The number of amidine groups is 2. The van der Waals surface area contributed by atoms with Crippen molar-refractivity contribution in [3.63, 3.8) is 0 Å². The highest BCUT2D eigenvalue weighted by Gasteiger charge is 2.62. The summed E-state index contributed by atoms with van der Waals surface area (Å²) in [7, 11) is 0. The van der Waals surface area contributed by atoms with Crippen LogP contribution in [-0.2, 0) is 9.63 Å². The number of anilines is 2. The number of carbonyl (C=O) groups is 1. The van der Waals surface area contributed by atoms with E-state index in [4.69, 9.17) is 51.5 Å². The van der Waals surface area contributed by atoms with Crippen molar-refractivity contribution < 1.29 is 14.8 Å². The number of oxime groups is 2. The average molecular weight is 608 g/mol. The molecule has 2 aromatic rings. The Morgan fingerprint density at radius 3 is 1.77 bits per heavy atom. The Morgan fingerprint density at radius 2 is 1.40 bits per heavy atom. The van der Waals surface area contributed by atoms with Crippen LogP contribution in [-0.4, -0.2) is 53.9 Å². The summed E-state index contributed by atoms with van der Waals surface area (Å²) in [5.41, 5.74) is 13.9. The molecule has 2 aromatic carbocycles. The van der Waals surface area contributed by atoms with Crippen LogP contribution in [0.4, 0.5) is 11.4 Å². The minimum absolute atomic E-state index is 0.175. The topological polar surface area (TPSA) is 130 Å². The second kappa shape index (κ2) is 11.5. The number of halogens is 3. The van der Waals surface area contributed by atoms with Gasteiger partial charge in [-0.05, 0) is 73.9 Å². The molecule has 2 aliphatic heterocycles. The normalized spacial score (nSPS) is 32.1. The van der Waals surface area contributed by atoms with Gasteiger partial charge in [-0.3, -0.25) is 0 Å². The molecule has 0 spiro atoms. The number of alkyl halides is 1. The van der Waals surface area contributed by atoms with E-state index < -0.39 is 5.97 Å². The quantitative estimate of drug-likeness (QED) is 0.109. The van der Waals surface area contributed by atoms with Crippen molar-refractivity contribution in [1.82, 2.24) is 0 Å². The third-order valence-electron chi connectivity index (χ3n) is 8.81. The van der Waals surface area contributed by atoms with Crippen LogP contribution in [0.25, 0.3) is 0 Å². The number of rotatable bonds is 6. The van der Waals surface area contributed by atoms with Crippen LogP contribution in [0.3, 0.4) is 0 Å². The molecule has 8 atom stereocenters. The first-order valence-corrected chi connectivity index (χ1v) is 14.6. The molecule has 2 heterocycles. The van der Waals surface area contributed by atoms with Gasteiger partial charge in [-0.1, -0.05) is 45.6 Å². The molecular weight excluding hydrogens is 575 g/mol. The van der Waals surface area contributed by atoms with Crippen molar-refractivity contribution >= 4 is 63.8 Å². The number of hydrogen-bond donors (Lipinski definition) is 3. The predicted octanol–water partition coefficient (Wildman–Crippen LogP) is 4.62. The van der Waals surface area contributed by atoms with Crippen LogP contribution in [0.1, 0.15) is 13.8 Å². The summed E-state index contributed by atoms with van der Waals surface area (Å²) in [6.45, 7) is 6.21. The number of fused-ring (bicyclic) bond motifs is 2. The minimum atomic E-state index is -0.593. The number of nitrogens with two attached hydrogens (primary N) is 2. The highest BCUT2D eigenvalue weighted by Crippen LogP contribution is 2.57.